The summed E-state index contributed by atoms with van der Waals surface area (Å²) < 4.78 is 15.1. The Morgan fingerprint density at radius 3 is 2.88 bits per heavy atom. The Bertz CT molecular complexity index is 524. The molecule has 86 valence electrons. The third-order valence-electron chi connectivity index (χ3n) is 2.27. The van der Waals surface area contributed by atoms with Gasteiger partial charge in [-0.05, 0) is 6.07 Å². The predicted molar refractivity (Wildman–Crippen MR) is 60.7 cm³/mol. The monoisotopic (exact) mass is 242 g/mol. The molecular weight excluding hydrogens is 232 g/mol. The highest BCUT2D eigenvalue weighted by Crippen LogP contribution is 2.39. The van der Waals surface area contributed by atoms with E-state index in [2.05, 4.69) is 5.16 Å². The highest BCUT2D eigenvalue weighted by molar-refractivity contribution is 6.34. The van der Waals surface area contributed by atoms with Crippen molar-refractivity contribution in [3.8, 4) is 5.75 Å². The number of nitrogen functional groups attached to an aromatic ring is 1. The van der Waals surface area contributed by atoms with Crippen molar-refractivity contribution in [2.45, 2.75) is 6.61 Å². The van der Waals surface area contributed by atoms with Crippen LogP contribution in [0.1, 0.15) is 5.56 Å². The summed E-state index contributed by atoms with van der Waals surface area (Å²) in [5.41, 5.74) is 7.03. The van der Waals surface area contributed by atoms with Gasteiger partial charge in [-0.1, -0.05) is 16.8 Å². The highest BCUT2D eigenvalue weighted by atomic mass is 35.5. The van der Waals surface area contributed by atoms with Crippen molar-refractivity contribution in [3.63, 3.8) is 0 Å². The van der Waals surface area contributed by atoms with Gasteiger partial charge < -0.3 is 19.7 Å². The van der Waals surface area contributed by atoms with E-state index in [1.54, 1.807) is 13.2 Å². The van der Waals surface area contributed by atoms with Crippen LogP contribution in [-0.4, -0.2) is 19.4 Å². The van der Waals surface area contributed by atoms with Crippen LogP contribution in [0.5, 0.6) is 5.75 Å². The third kappa shape index (κ3) is 1.58. The van der Waals surface area contributed by atoms with Crippen LogP contribution in [0, 0.1) is 0 Å². The number of ether oxygens (including phenoxy) is 2. The SMILES string of the molecule is COCc1cc2noc(N)c2c(OC)c1Cl. The molecule has 2 rings (SSSR count). The quantitative estimate of drug-likeness (QED) is 0.894. The van der Waals surface area contributed by atoms with E-state index >= 15 is 0 Å². The van der Waals surface area contributed by atoms with E-state index in [1.807, 2.05) is 0 Å². The maximum absolute atomic E-state index is 6.17. The zero-order valence-corrected chi connectivity index (χ0v) is 9.67. The highest BCUT2D eigenvalue weighted by Gasteiger charge is 2.18. The first-order valence-corrected chi connectivity index (χ1v) is 4.96. The molecule has 6 heteroatoms. The average Bonchev–Trinajstić information content (AvgIpc) is 2.62. The fourth-order valence-corrected chi connectivity index (χ4v) is 1.86. The van der Waals surface area contributed by atoms with Crippen LogP contribution in [0.2, 0.25) is 5.02 Å². The van der Waals surface area contributed by atoms with E-state index in [4.69, 9.17) is 31.3 Å². The van der Waals surface area contributed by atoms with Gasteiger partial charge in [0, 0.05) is 12.7 Å². The van der Waals surface area contributed by atoms with Crippen molar-refractivity contribution in [2.24, 2.45) is 0 Å². The fourth-order valence-electron chi connectivity index (χ4n) is 1.58. The molecule has 1 heterocycles. The summed E-state index contributed by atoms with van der Waals surface area (Å²) in [6, 6.07) is 1.77. The van der Waals surface area contributed by atoms with Crippen LogP contribution in [0.4, 0.5) is 5.88 Å². The molecule has 0 aliphatic rings. The van der Waals surface area contributed by atoms with Gasteiger partial charge in [-0.2, -0.15) is 0 Å². The molecule has 16 heavy (non-hydrogen) atoms. The lowest BCUT2D eigenvalue weighted by Gasteiger charge is -2.08. The fraction of sp³-hybridized carbons (Fsp3) is 0.300. The third-order valence-corrected chi connectivity index (χ3v) is 2.68. The number of fused-ring (bicyclic) bond motifs is 1. The van der Waals surface area contributed by atoms with Gasteiger partial charge >= 0.3 is 0 Å². The van der Waals surface area contributed by atoms with Crippen LogP contribution >= 0.6 is 11.6 Å². The number of hydrogen-bond acceptors (Lipinski definition) is 5. The Morgan fingerprint density at radius 2 is 2.25 bits per heavy atom. The second kappa shape index (κ2) is 4.19. The molecule has 2 N–H and O–H groups in total. The maximum Gasteiger partial charge on any atom is 0.233 e. The first kappa shape index (κ1) is 11.0. The molecule has 0 fully saturated rings. The molecule has 0 aliphatic heterocycles. The molecule has 0 saturated heterocycles. The molecule has 0 aliphatic carbocycles. The summed E-state index contributed by atoms with van der Waals surface area (Å²) in [6.07, 6.45) is 0. The molecule has 0 amide bonds. The molecule has 0 saturated carbocycles. The van der Waals surface area contributed by atoms with Crippen LogP contribution in [0.25, 0.3) is 10.9 Å². The predicted octanol–water partition coefficient (Wildman–Crippen LogP) is 2.22. The summed E-state index contributed by atoms with van der Waals surface area (Å²) in [5.74, 6) is 0.655. The average molecular weight is 243 g/mol. The Kier molecular flexibility index (Phi) is 2.89. The van der Waals surface area contributed by atoms with Gasteiger partial charge in [0.1, 0.15) is 10.9 Å². The number of methoxy groups -OCH3 is 2. The minimum atomic E-state index is 0.192. The number of benzene rings is 1. The first-order valence-electron chi connectivity index (χ1n) is 4.58. The van der Waals surface area contributed by atoms with Crippen LogP contribution in [0.15, 0.2) is 10.6 Å². The number of aromatic nitrogens is 1. The lowest BCUT2D eigenvalue weighted by Crippen LogP contribution is -1.94. The summed E-state index contributed by atoms with van der Waals surface area (Å²) in [6.45, 7) is 0.373. The minimum Gasteiger partial charge on any atom is -0.494 e. The largest absolute Gasteiger partial charge is 0.494 e. The minimum absolute atomic E-state index is 0.192. The van der Waals surface area contributed by atoms with E-state index in [0.717, 1.165) is 5.56 Å². The number of halogens is 1. The normalized spacial score (nSPS) is 10.9. The summed E-state index contributed by atoms with van der Waals surface area (Å²) in [4.78, 5) is 0. The molecular formula is C10H11ClN2O3. The first-order chi connectivity index (χ1) is 7.69. The van der Waals surface area contributed by atoms with Crippen molar-refractivity contribution in [1.29, 1.82) is 0 Å². The second-order valence-corrected chi connectivity index (χ2v) is 3.63. The van der Waals surface area contributed by atoms with Crippen molar-refractivity contribution in [2.75, 3.05) is 20.0 Å². The van der Waals surface area contributed by atoms with Gasteiger partial charge in [-0.15, -0.1) is 0 Å². The summed E-state index contributed by atoms with van der Waals surface area (Å²) in [5, 5.41) is 4.87. The lowest BCUT2D eigenvalue weighted by molar-refractivity contribution is 0.185. The number of hydrogen-bond donors (Lipinski definition) is 1. The van der Waals surface area contributed by atoms with E-state index in [-0.39, 0.29) is 5.88 Å². The van der Waals surface area contributed by atoms with Gasteiger partial charge in [0.2, 0.25) is 5.88 Å². The molecule has 0 spiro atoms. The van der Waals surface area contributed by atoms with Gasteiger partial charge in [-0.25, -0.2) is 0 Å². The Hall–Kier alpha value is -1.46. The topological polar surface area (TPSA) is 70.5 Å². The summed E-state index contributed by atoms with van der Waals surface area (Å²) in [7, 11) is 3.10. The zero-order chi connectivity index (χ0) is 11.7. The standard InChI is InChI=1S/C10H11ClN2O3/c1-14-4-5-3-6-7(10(12)16-13-6)9(15-2)8(5)11/h3H,4,12H2,1-2H3. The smallest absolute Gasteiger partial charge is 0.233 e. The van der Waals surface area contributed by atoms with Gasteiger partial charge in [0.15, 0.2) is 5.75 Å². The van der Waals surface area contributed by atoms with Crippen molar-refractivity contribution < 1.29 is 14.0 Å². The van der Waals surface area contributed by atoms with Gasteiger partial charge in [-0.3, -0.25) is 0 Å². The van der Waals surface area contributed by atoms with Crippen LogP contribution in [-0.2, 0) is 11.3 Å². The molecule has 1 aromatic carbocycles. The van der Waals surface area contributed by atoms with E-state index in [9.17, 15) is 0 Å². The molecule has 0 radical (unpaired) electrons. The molecule has 0 atom stereocenters. The number of nitrogens with zero attached hydrogens (tertiary/aromatic N) is 1. The van der Waals surface area contributed by atoms with Gasteiger partial charge in [0.05, 0.1) is 18.7 Å². The van der Waals surface area contributed by atoms with Crippen molar-refractivity contribution in [3.05, 3.63) is 16.7 Å². The number of anilines is 1. The Morgan fingerprint density at radius 1 is 1.50 bits per heavy atom. The molecule has 0 unspecified atom stereocenters. The second-order valence-electron chi connectivity index (χ2n) is 3.26. The number of nitrogens with two attached hydrogens (primary N) is 1. The molecule has 2 aromatic rings. The summed E-state index contributed by atoms with van der Waals surface area (Å²) >= 11 is 6.17. The van der Waals surface area contributed by atoms with E-state index in [1.165, 1.54) is 7.11 Å². The molecule has 0 bridgehead atoms. The van der Waals surface area contributed by atoms with Crippen LogP contribution in [0.3, 0.4) is 0 Å². The van der Waals surface area contributed by atoms with Gasteiger partial charge in [0.25, 0.3) is 0 Å². The van der Waals surface area contributed by atoms with Crippen molar-refractivity contribution >= 4 is 28.4 Å². The zero-order valence-electron chi connectivity index (χ0n) is 8.91. The van der Waals surface area contributed by atoms with Crippen molar-refractivity contribution in [1.82, 2.24) is 5.16 Å². The Balaban J connectivity index is 2.74. The van der Waals surface area contributed by atoms with Crippen LogP contribution < -0.4 is 10.5 Å². The van der Waals surface area contributed by atoms with E-state index in [0.29, 0.717) is 28.3 Å². The van der Waals surface area contributed by atoms with E-state index < -0.39 is 0 Å². The number of rotatable bonds is 3. The Labute approximate surface area is 97.0 Å². The molecule has 5 nitrogen and oxygen atoms in total. The lowest BCUT2D eigenvalue weighted by atomic mass is 10.1. The maximum atomic E-state index is 6.17. The molecule has 1 aromatic heterocycles.